The summed E-state index contributed by atoms with van der Waals surface area (Å²) >= 11 is 5.81. The first-order valence-electron chi connectivity index (χ1n) is 6.42. The molecule has 0 aliphatic heterocycles. The van der Waals surface area contributed by atoms with Crippen molar-refractivity contribution in [3.63, 3.8) is 0 Å². The molecule has 0 aliphatic carbocycles. The van der Waals surface area contributed by atoms with Gasteiger partial charge < -0.3 is 5.32 Å². The van der Waals surface area contributed by atoms with Crippen molar-refractivity contribution in [3.05, 3.63) is 64.4 Å². The van der Waals surface area contributed by atoms with Crippen molar-refractivity contribution in [1.29, 1.82) is 0 Å². The largest absolute Gasteiger partial charge is 0.305 e. The second kappa shape index (κ2) is 6.77. The standard InChI is InChI=1S/C15H15ClF2N2/c1-2-8-19-15(13-7-6-10(16)9-20-13)11-4-3-5-12(17)14(11)18/h3-7,9,15,19H,2,8H2,1H3. The highest BCUT2D eigenvalue weighted by Crippen LogP contribution is 2.25. The fourth-order valence-corrected chi connectivity index (χ4v) is 2.08. The van der Waals surface area contributed by atoms with Crippen molar-refractivity contribution in [2.45, 2.75) is 19.4 Å². The Balaban J connectivity index is 2.41. The summed E-state index contributed by atoms with van der Waals surface area (Å²) in [5, 5.41) is 3.68. The average Bonchev–Trinajstić information content (AvgIpc) is 2.45. The van der Waals surface area contributed by atoms with Gasteiger partial charge in [-0.1, -0.05) is 30.7 Å². The average molecular weight is 297 g/mol. The predicted molar refractivity (Wildman–Crippen MR) is 75.7 cm³/mol. The molecule has 2 nitrogen and oxygen atoms in total. The van der Waals surface area contributed by atoms with Gasteiger partial charge in [-0.3, -0.25) is 4.98 Å². The number of benzene rings is 1. The summed E-state index contributed by atoms with van der Waals surface area (Å²) < 4.78 is 27.4. The van der Waals surface area contributed by atoms with Crippen LogP contribution in [0, 0.1) is 11.6 Å². The first kappa shape index (κ1) is 14.9. The van der Waals surface area contributed by atoms with Gasteiger partial charge in [0, 0.05) is 11.8 Å². The van der Waals surface area contributed by atoms with Crippen LogP contribution in [-0.2, 0) is 0 Å². The Morgan fingerprint density at radius 1 is 1.25 bits per heavy atom. The van der Waals surface area contributed by atoms with Crippen molar-refractivity contribution >= 4 is 11.6 Å². The summed E-state index contributed by atoms with van der Waals surface area (Å²) in [6.45, 7) is 2.67. The van der Waals surface area contributed by atoms with E-state index in [2.05, 4.69) is 10.3 Å². The monoisotopic (exact) mass is 296 g/mol. The number of pyridine rings is 1. The lowest BCUT2D eigenvalue weighted by Crippen LogP contribution is -2.25. The third-order valence-corrected chi connectivity index (χ3v) is 3.16. The van der Waals surface area contributed by atoms with E-state index in [1.807, 2.05) is 6.92 Å². The van der Waals surface area contributed by atoms with E-state index in [0.717, 1.165) is 12.5 Å². The second-order valence-corrected chi connectivity index (χ2v) is 4.87. The molecule has 2 aromatic rings. The smallest absolute Gasteiger partial charge is 0.163 e. The molecule has 0 bridgehead atoms. The van der Waals surface area contributed by atoms with Crippen molar-refractivity contribution in [2.75, 3.05) is 6.54 Å². The molecule has 1 aromatic carbocycles. The Morgan fingerprint density at radius 3 is 2.70 bits per heavy atom. The first-order valence-corrected chi connectivity index (χ1v) is 6.80. The molecule has 0 amide bonds. The van der Waals surface area contributed by atoms with Gasteiger partial charge in [0.1, 0.15) is 0 Å². The van der Waals surface area contributed by atoms with Gasteiger partial charge >= 0.3 is 0 Å². The van der Waals surface area contributed by atoms with Crippen LogP contribution in [0.15, 0.2) is 36.5 Å². The Bertz CT molecular complexity index is 573. The highest BCUT2D eigenvalue weighted by molar-refractivity contribution is 6.30. The summed E-state index contributed by atoms with van der Waals surface area (Å²) in [6.07, 6.45) is 2.37. The molecule has 106 valence electrons. The molecular weight excluding hydrogens is 282 g/mol. The van der Waals surface area contributed by atoms with Gasteiger partial charge in [0.15, 0.2) is 11.6 Å². The molecule has 1 N–H and O–H groups in total. The SMILES string of the molecule is CCCNC(c1ccc(Cl)cn1)c1cccc(F)c1F. The molecule has 5 heteroatoms. The van der Waals surface area contributed by atoms with Gasteiger partial charge in [0.2, 0.25) is 0 Å². The second-order valence-electron chi connectivity index (χ2n) is 4.43. The predicted octanol–water partition coefficient (Wildman–Crippen LogP) is 4.10. The molecule has 2 rings (SSSR count). The third-order valence-electron chi connectivity index (χ3n) is 2.94. The van der Waals surface area contributed by atoms with Gasteiger partial charge in [-0.15, -0.1) is 0 Å². The number of halogens is 3. The maximum absolute atomic E-state index is 14.0. The van der Waals surface area contributed by atoms with Crippen LogP contribution < -0.4 is 5.32 Å². The molecule has 1 unspecified atom stereocenters. The molecule has 0 fully saturated rings. The van der Waals surface area contributed by atoms with Gasteiger partial charge in [-0.2, -0.15) is 0 Å². The number of hydrogen-bond acceptors (Lipinski definition) is 2. The van der Waals surface area contributed by atoms with E-state index in [1.54, 1.807) is 18.2 Å². The maximum atomic E-state index is 14.0. The van der Waals surface area contributed by atoms with E-state index in [9.17, 15) is 8.78 Å². The van der Waals surface area contributed by atoms with E-state index < -0.39 is 17.7 Å². The van der Waals surface area contributed by atoms with Crippen LogP contribution in [-0.4, -0.2) is 11.5 Å². The normalized spacial score (nSPS) is 12.4. The van der Waals surface area contributed by atoms with Crippen LogP contribution in [0.1, 0.15) is 30.6 Å². The van der Waals surface area contributed by atoms with Gasteiger partial charge in [0.25, 0.3) is 0 Å². The highest BCUT2D eigenvalue weighted by Gasteiger charge is 2.20. The Labute approximate surface area is 121 Å². The lowest BCUT2D eigenvalue weighted by molar-refractivity contribution is 0.478. The molecule has 1 atom stereocenters. The number of nitrogens with one attached hydrogen (secondary N) is 1. The van der Waals surface area contributed by atoms with Crippen LogP contribution in [0.25, 0.3) is 0 Å². The number of hydrogen-bond donors (Lipinski definition) is 1. The van der Waals surface area contributed by atoms with Crippen molar-refractivity contribution in [3.8, 4) is 0 Å². The molecule has 0 spiro atoms. The molecule has 1 heterocycles. The van der Waals surface area contributed by atoms with E-state index in [1.165, 1.54) is 12.3 Å². The minimum atomic E-state index is -0.861. The Hall–Kier alpha value is -1.52. The highest BCUT2D eigenvalue weighted by atomic mass is 35.5. The Kier molecular flexibility index (Phi) is 5.04. The van der Waals surface area contributed by atoms with Crippen molar-refractivity contribution in [1.82, 2.24) is 10.3 Å². The van der Waals surface area contributed by atoms with E-state index in [-0.39, 0.29) is 5.56 Å². The molecule has 0 saturated heterocycles. The molecule has 1 aromatic heterocycles. The summed E-state index contributed by atoms with van der Waals surface area (Å²) in [7, 11) is 0. The fourth-order valence-electron chi connectivity index (χ4n) is 1.96. The molecule has 20 heavy (non-hydrogen) atoms. The third kappa shape index (κ3) is 3.32. The number of nitrogens with zero attached hydrogens (tertiary/aromatic N) is 1. The van der Waals surface area contributed by atoms with Crippen LogP contribution in [0.4, 0.5) is 8.78 Å². The number of rotatable bonds is 5. The van der Waals surface area contributed by atoms with Gasteiger partial charge in [-0.25, -0.2) is 8.78 Å². The maximum Gasteiger partial charge on any atom is 0.163 e. The zero-order chi connectivity index (χ0) is 14.5. The fraction of sp³-hybridized carbons (Fsp3) is 0.267. The van der Waals surface area contributed by atoms with Crippen LogP contribution in [0.3, 0.4) is 0 Å². The van der Waals surface area contributed by atoms with Crippen molar-refractivity contribution in [2.24, 2.45) is 0 Å². The molecular formula is C15H15ClF2N2. The molecule has 0 radical (unpaired) electrons. The zero-order valence-electron chi connectivity index (χ0n) is 11.0. The summed E-state index contributed by atoms with van der Waals surface area (Å²) in [5.74, 6) is -1.71. The summed E-state index contributed by atoms with van der Waals surface area (Å²) in [5.41, 5.74) is 0.848. The van der Waals surface area contributed by atoms with E-state index in [4.69, 9.17) is 11.6 Å². The lowest BCUT2D eigenvalue weighted by atomic mass is 10.0. The lowest BCUT2D eigenvalue weighted by Gasteiger charge is -2.19. The van der Waals surface area contributed by atoms with Gasteiger partial charge in [0.05, 0.1) is 16.8 Å². The molecule has 0 saturated carbocycles. The minimum absolute atomic E-state index is 0.244. The van der Waals surface area contributed by atoms with E-state index in [0.29, 0.717) is 17.3 Å². The zero-order valence-corrected chi connectivity index (χ0v) is 11.8. The quantitative estimate of drug-likeness (QED) is 0.898. The first-order chi connectivity index (χ1) is 9.63. The number of aromatic nitrogens is 1. The van der Waals surface area contributed by atoms with Crippen molar-refractivity contribution < 1.29 is 8.78 Å². The minimum Gasteiger partial charge on any atom is -0.305 e. The molecule has 0 aliphatic rings. The van der Waals surface area contributed by atoms with Crippen LogP contribution >= 0.6 is 11.6 Å². The van der Waals surface area contributed by atoms with E-state index >= 15 is 0 Å². The van der Waals surface area contributed by atoms with Crippen LogP contribution in [0.5, 0.6) is 0 Å². The topological polar surface area (TPSA) is 24.9 Å². The van der Waals surface area contributed by atoms with Crippen LogP contribution in [0.2, 0.25) is 5.02 Å². The summed E-state index contributed by atoms with van der Waals surface area (Å²) in [4.78, 5) is 4.20. The Morgan fingerprint density at radius 2 is 2.05 bits per heavy atom. The summed E-state index contributed by atoms with van der Waals surface area (Å²) in [6, 6.07) is 7.04. The van der Waals surface area contributed by atoms with Gasteiger partial charge in [-0.05, 0) is 31.2 Å².